The molecule has 0 spiro atoms. The van der Waals surface area contributed by atoms with E-state index in [0.717, 1.165) is 16.1 Å². The van der Waals surface area contributed by atoms with Crippen LogP contribution in [0.4, 0.5) is 0 Å². The minimum atomic E-state index is -0.318. The van der Waals surface area contributed by atoms with E-state index >= 15 is 0 Å². The quantitative estimate of drug-likeness (QED) is 0.916. The molecule has 2 aromatic carbocycles. The van der Waals surface area contributed by atoms with Crippen LogP contribution in [0, 0.1) is 19.8 Å². The smallest absolute Gasteiger partial charge is 0.253 e. The third-order valence-corrected chi connectivity index (χ3v) is 4.76. The fourth-order valence-corrected chi connectivity index (χ4v) is 3.05. The molecule has 0 aromatic heterocycles. The van der Waals surface area contributed by atoms with Gasteiger partial charge in [0.15, 0.2) is 0 Å². The molecule has 3 rings (SSSR count). The predicted molar refractivity (Wildman–Crippen MR) is 98.1 cm³/mol. The maximum atomic E-state index is 12.2. The van der Waals surface area contributed by atoms with Gasteiger partial charge in [0.1, 0.15) is 0 Å². The van der Waals surface area contributed by atoms with Gasteiger partial charge in [-0.2, -0.15) is 0 Å². The molecule has 2 aromatic rings. The molecule has 25 heavy (non-hydrogen) atoms. The number of hydrogen-bond donors (Lipinski definition) is 1. The first kappa shape index (κ1) is 17.4. The van der Waals surface area contributed by atoms with E-state index in [4.69, 9.17) is 11.6 Å². The molecule has 0 saturated heterocycles. The van der Waals surface area contributed by atoms with E-state index in [1.807, 2.05) is 26.0 Å². The van der Waals surface area contributed by atoms with Crippen molar-refractivity contribution in [2.45, 2.75) is 20.3 Å². The first-order valence-corrected chi connectivity index (χ1v) is 8.58. The molecule has 4 nitrogen and oxygen atoms in total. The van der Waals surface area contributed by atoms with Gasteiger partial charge >= 0.3 is 0 Å². The molecule has 1 atom stereocenters. The highest BCUT2D eigenvalue weighted by molar-refractivity contribution is 6.33. The van der Waals surface area contributed by atoms with Gasteiger partial charge < -0.3 is 5.32 Å². The average molecular weight is 355 g/mol. The molecular formula is C20H19ClN2O2. The van der Waals surface area contributed by atoms with Gasteiger partial charge in [0.2, 0.25) is 0 Å². The Bertz CT molecular complexity index is 966. The fraction of sp³-hybridized carbons (Fsp3) is 0.250. The molecule has 0 saturated carbocycles. The van der Waals surface area contributed by atoms with Crippen molar-refractivity contribution in [3.63, 3.8) is 0 Å². The summed E-state index contributed by atoms with van der Waals surface area (Å²) in [6, 6.07) is 10.9. The Morgan fingerprint density at radius 2 is 1.92 bits per heavy atom. The molecule has 0 radical (unpaired) electrons. The molecule has 1 heterocycles. The second kappa shape index (κ2) is 7.19. The zero-order valence-corrected chi connectivity index (χ0v) is 14.9. The molecule has 128 valence electrons. The number of hydrogen-bond acceptors (Lipinski definition) is 2. The number of fused-ring (bicyclic) bond motifs is 1. The second-order valence-electron chi connectivity index (χ2n) is 6.24. The number of halogens is 1. The zero-order chi connectivity index (χ0) is 18.0. The van der Waals surface area contributed by atoms with Crippen molar-refractivity contribution < 1.29 is 9.59 Å². The van der Waals surface area contributed by atoms with Crippen LogP contribution in [0.25, 0.3) is 6.08 Å². The summed E-state index contributed by atoms with van der Waals surface area (Å²) in [6.45, 7) is 4.43. The SMILES string of the molecule is Cc1cc2c(cc1C)=NC(=O)C(CCNC(=O)c1ccccc1Cl)C=2. The number of carbonyl (C=O) groups is 2. The molecule has 2 amide bonds. The Balaban J connectivity index is 1.69. The number of benzene rings is 2. The van der Waals surface area contributed by atoms with E-state index in [0.29, 0.717) is 23.6 Å². The minimum Gasteiger partial charge on any atom is -0.352 e. The van der Waals surface area contributed by atoms with Gasteiger partial charge in [-0.15, -0.1) is 0 Å². The zero-order valence-electron chi connectivity index (χ0n) is 14.2. The minimum absolute atomic E-state index is 0.164. The van der Waals surface area contributed by atoms with E-state index in [-0.39, 0.29) is 17.7 Å². The Morgan fingerprint density at radius 3 is 2.68 bits per heavy atom. The topological polar surface area (TPSA) is 58.5 Å². The lowest BCUT2D eigenvalue weighted by molar-refractivity contribution is -0.120. The van der Waals surface area contributed by atoms with E-state index in [1.54, 1.807) is 24.3 Å². The van der Waals surface area contributed by atoms with Gasteiger partial charge in [0, 0.05) is 6.54 Å². The Morgan fingerprint density at radius 1 is 1.20 bits per heavy atom. The normalized spacial score (nSPS) is 15.8. The van der Waals surface area contributed by atoms with Gasteiger partial charge in [0.25, 0.3) is 11.8 Å². The number of amides is 2. The molecule has 1 aliphatic heterocycles. The lowest BCUT2D eigenvalue weighted by atomic mass is 9.98. The highest BCUT2D eigenvalue weighted by Gasteiger charge is 2.19. The third kappa shape index (κ3) is 3.80. The summed E-state index contributed by atoms with van der Waals surface area (Å²) in [7, 11) is 0. The summed E-state index contributed by atoms with van der Waals surface area (Å²) in [6.07, 6.45) is 2.45. The van der Waals surface area contributed by atoms with E-state index in [1.165, 1.54) is 5.56 Å². The van der Waals surface area contributed by atoms with E-state index in [2.05, 4.69) is 16.4 Å². The molecule has 1 aliphatic rings. The summed E-state index contributed by atoms with van der Waals surface area (Å²) in [4.78, 5) is 28.6. The molecule has 1 N–H and O–H groups in total. The van der Waals surface area contributed by atoms with Crippen molar-refractivity contribution in [1.82, 2.24) is 5.32 Å². The van der Waals surface area contributed by atoms with Crippen LogP contribution >= 0.6 is 11.6 Å². The van der Waals surface area contributed by atoms with Crippen LogP contribution < -0.4 is 15.9 Å². The summed E-state index contributed by atoms with van der Waals surface area (Å²) < 4.78 is 0. The van der Waals surface area contributed by atoms with Gasteiger partial charge in [-0.25, -0.2) is 4.99 Å². The number of nitrogens with one attached hydrogen (secondary N) is 1. The Labute approximate surface area is 151 Å². The van der Waals surface area contributed by atoms with Gasteiger partial charge in [0.05, 0.1) is 21.9 Å². The van der Waals surface area contributed by atoms with Crippen molar-refractivity contribution >= 4 is 29.5 Å². The molecule has 0 fully saturated rings. The van der Waals surface area contributed by atoms with Crippen molar-refractivity contribution in [3.8, 4) is 0 Å². The summed E-state index contributed by atoms with van der Waals surface area (Å²) in [5.74, 6) is -0.721. The number of rotatable bonds is 4. The van der Waals surface area contributed by atoms with Gasteiger partial charge in [-0.1, -0.05) is 29.8 Å². The molecule has 1 unspecified atom stereocenters. The van der Waals surface area contributed by atoms with Crippen molar-refractivity contribution in [1.29, 1.82) is 0 Å². The lowest BCUT2D eigenvalue weighted by Gasteiger charge is -2.14. The highest BCUT2D eigenvalue weighted by atomic mass is 35.5. The molecule has 5 heteroatoms. The second-order valence-corrected chi connectivity index (χ2v) is 6.65. The van der Waals surface area contributed by atoms with E-state index in [9.17, 15) is 9.59 Å². The summed E-state index contributed by atoms with van der Waals surface area (Å²) in [5.41, 5.74) is 2.73. The largest absolute Gasteiger partial charge is 0.352 e. The molecule has 0 bridgehead atoms. The van der Waals surface area contributed by atoms with Crippen LogP contribution in [0.5, 0.6) is 0 Å². The van der Waals surface area contributed by atoms with Crippen LogP contribution in [-0.2, 0) is 4.79 Å². The standard InChI is InChI=1S/C20H19ClN2O2/c1-12-9-15-11-14(19(24)23-18(15)10-13(12)2)7-8-22-20(25)16-5-3-4-6-17(16)21/h3-6,9-11,14H,7-8H2,1-2H3,(H,22,25). The van der Waals surface area contributed by atoms with Crippen LogP contribution in [0.1, 0.15) is 27.9 Å². The Kier molecular flexibility index (Phi) is 5.00. The fourth-order valence-electron chi connectivity index (χ4n) is 2.83. The monoisotopic (exact) mass is 354 g/mol. The number of aryl methyl sites for hydroxylation is 2. The van der Waals surface area contributed by atoms with Crippen molar-refractivity contribution in [3.05, 3.63) is 68.7 Å². The Hall–Kier alpha value is -2.46. The first-order valence-electron chi connectivity index (χ1n) is 8.20. The summed E-state index contributed by atoms with van der Waals surface area (Å²) in [5, 5.41) is 4.93. The summed E-state index contributed by atoms with van der Waals surface area (Å²) >= 11 is 6.02. The van der Waals surface area contributed by atoms with Crippen molar-refractivity contribution in [2.75, 3.05) is 6.54 Å². The predicted octanol–water partition coefficient (Wildman–Crippen LogP) is 2.33. The maximum Gasteiger partial charge on any atom is 0.253 e. The average Bonchev–Trinajstić information content (AvgIpc) is 2.57. The third-order valence-electron chi connectivity index (χ3n) is 4.43. The van der Waals surface area contributed by atoms with Crippen LogP contribution in [0.15, 0.2) is 41.4 Å². The first-order chi connectivity index (χ1) is 12.0. The highest BCUT2D eigenvalue weighted by Crippen LogP contribution is 2.15. The van der Waals surface area contributed by atoms with E-state index < -0.39 is 0 Å². The molecular weight excluding hydrogens is 336 g/mol. The van der Waals surface area contributed by atoms with Crippen LogP contribution in [0.2, 0.25) is 5.02 Å². The number of nitrogens with zero attached hydrogens (tertiary/aromatic N) is 1. The van der Waals surface area contributed by atoms with Crippen LogP contribution in [0.3, 0.4) is 0 Å². The number of carbonyl (C=O) groups excluding carboxylic acids is 2. The van der Waals surface area contributed by atoms with Gasteiger partial charge in [-0.3, -0.25) is 9.59 Å². The van der Waals surface area contributed by atoms with Gasteiger partial charge in [-0.05, 0) is 60.9 Å². The molecule has 0 aliphatic carbocycles. The lowest BCUT2D eigenvalue weighted by Crippen LogP contribution is -2.36. The maximum absolute atomic E-state index is 12.2. The van der Waals surface area contributed by atoms with Crippen LogP contribution in [-0.4, -0.2) is 18.4 Å². The van der Waals surface area contributed by atoms with Crippen molar-refractivity contribution in [2.24, 2.45) is 10.9 Å².